The number of amides is 1. The SMILES string of the molecule is O=C(CCCc1ccccc1)N1CCN(CC(F)(F)F)CC1. The van der Waals surface area contributed by atoms with E-state index >= 15 is 0 Å². The molecule has 0 aromatic heterocycles. The second-order valence-electron chi connectivity index (χ2n) is 5.61. The normalized spacial score (nSPS) is 16.8. The minimum Gasteiger partial charge on any atom is -0.340 e. The zero-order valence-electron chi connectivity index (χ0n) is 12.5. The van der Waals surface area contributed by atoms with Crippen molar-refractivity contribution in [3.63, 3.8) is 0 Å². The van der Waals surface area contributed by atoms with Gasteiger partial charge in [-0.25, -0.2) is 0 Å². The van der Waals surface area contributed by atoms with Crippen LogP contribution in [0.5, 0.6) is 0 Å². The molecule has 1 aliphatic rings. The van der Waals surface area contributed by atoms with Gasteiger partial charge >= 0.3 is 6.18 Å². The fraction of sp³-hybridized carbons (Fsp3) is 0.562. The van der Waals surface area contributed by atoms with E-state index in [1.807, 2.05) is 30.3 Å². The number of aryl methyl sites for hydroxylation is 1. The fourth-order valence-electron chi connectivity index (χ4n) is 2.66. The van der Waals surface area contributed by atoms with Gasteiger partial charge < -0.3 is 4.90 Å². The van der Waals surface area contributed by atoms with Crippen LogP contribution in [0.3, 0.4) is 0 Å². The van der Waals surface area contributed by atoms with Crippen molar-refractivity contribution >= 4 is 5.91 Å². The fourth-order valence-corrected chi connectivity index (χ4v) is 2.66. The Morgan fingerprint density at radius 2 is 1.68 bits per heavy atom. The van der Waals surface area contributed by atoms with Crippen molar-refractivity contribution in [3.8, 4) is 0 Å². The molecule has 0 unspecified atom stereocenters. The largest absolute Gasteiger partial charge is 0.401 e. The molecule has 6 heteroatoms. The average Bonchev–Trinajstić information content (AvgIpc) is 2.47. The number of alkyl halides is 3. The Kier molecular flexibility index (Phi) is 5.83. The summed E-state index contributed by atoms with van der Waals surface area (Å²) < 4.78 is 36.9. The van der Waals surface area contributed by atoms with Crippen LogP contribution in [-0.2, 0) is 11.2 Å². The van der Waals surface area contributed by atoms with Crippen molar-refractivity contribution in [2.24, 2.45) is 0 Å². The van der Waals surface area contributed by atoms with Crippen molar-refractivity contribution in [2.75, 3.05) is 32.7 Å². The van der Waals surface area contributed by atoms with Gasteiger partial charge in [-0.15, -0.1) is 0 Å². The molecule has 22 heavy (non-hydrogen) atoms. The van der Waals surface area contributed by atoms with Gasteiger partial charge in [-0.2, -0.15) is 13.2 Å². The van der Waals surface area contributed by atoms with Crippen LogP contribution in [0.25, 0.3) is 0 Å². The van der Waals surface area contributed by atoms with Gasteiger partial charge in [-0.3, -0.25) is 9.69 Å². The van der Waals surface area contributed by atoms with Gasteiger partial charge in [0.15, 0.2) is 0 Å². The molecule has 0 N–H and O–H groups in total. The molecule has 1 aromatic carbocycles. The molecule has 0 aliphatic carbocycles. The minimum atomic E-state index is -4.16. The lowest BCUT2D eigenvalue weighted by atomic mass is 10.1. The first-order chi connectivity index (χ1) is 10.4. The zero-order chi connectivity index (χ0) is 16.0. The molecule has 0 saturated carbocycles. The summed E-state index contributed by atoms with van der Waals surface area (Å²) in [7, 11) is 0. The van der Waals surface area contributed by atoms with E-state index in [0.29, 0.717) is 32.6 Å². The molecule has 0 bridgehead atoms. The summed E-state index contributed by atoms with van der Waals surface area (Å²) in [6, 6.07) is 9.95. The summed E-state index contributed by atoms with van der Waals surface area (Å²) in [5, 5.41) is 0. The monoisotopic (exact) mass is 314 g/mol. The third kappa shape index (κ3) is 5.67. The molecule has 1 fully saturated rings. The number of hydrogen-bond acceptors (Lipinski definition) is 2. The van der Waals surface area contributed by atoms with Gasteiger partial charge in [-0.1, -0.05) is 30.3 Å². The van der Waals surface area contributed by atoms with Crippen LogP contribution in [0.15, 0.2) is 30.3 Å². The minimum absolute atomic E-state index is 0.0441. The summed E-state index contributed by atoms with van der Waals surface area (Å²) >= 11 is 0. The van der Waals surface area contributed by atoms with Crippen molar-refractivity contribution in [1.82, 2.24) is 9.80 Å². The summed E-state index contributed by atoms with van der Waals surface area (Å²) in [6.07, 6.45) is -2.09. The van der Waals surface area contributed by atoms with Crippen LogP contribution in [-0.4, -0.2) is 54.6 Å². The van der Waals surface area contributed by atoms with Crippen molar-refractivity contribution < 1.29 is 18.0 Å². The average molecular weight is 314 g/mol. The molecular weight excluding hydrogens is 293 g/mol. The van der Waals surface area contributed by atoms with Crippen molar-refractivity contribution in [1.29, 1.82) is 0 Å². The van der Waals surface area contributed by atoms with Crippen LogP contribution < -0.4 is 0 Å². The quantitative estimate of drug-likeness (QED) is 0.834. The Bertz CT molecular complexity index is 468. The Balaban J connectivity index is 1.67. The third-order valence-corrected chi connectivity index (χ3v) is 3.83. The molecule has 2 rings (SSSR count). The number of carbonyl (C=O) groups excluding carboxylic acids is 1. The molecule has 0 spiro atoms. The molecule has 1 aromatic rings. The second kappa shape index (κ2) is 7.63. The Morgan fingerprint density at radius 3 is 2.27 bits per heavy atom. The lowest BCUT2D eigenvalue weighted by molar-refractivity contribution is -0.151. The number of hydrogen-bond donors (Lipinski definition) is 0. The highest BCUT2D eigenvalue weighted by atomic mass is 19.4. The second-order valence-corrected chi connectivity index (χ2v) is 5.61. The van der Waals surface area contributed by atoms with Crippen LogP contribution in [0.2, 0.25) is 0 Å². The van der Waals surface area contributed by atoms with E-state index in [1.54, 1.807) is 4.90 Å². The zero-order valence-corrected chi connectivity index (χ0v) is 12.5. The van der Waals surface area contributed by atoms with Gasteiger partial charge in [0.2, 0.25) is 5.91 Å². The van der Waals surface area contributed by atoms with Crippen LogP contribution >= 0.6 is 0 Å². The smallest absolute Gasteiger partial charge is 0.340 e. The first-order valence-corrected chi connectivity index (χ1v) is 7.55. The number of benzene rings is 1. The summed E-state index contributed by atoms with van der Waals surface area (Å²) in [5.41, 5.74) is 1.20. The summed E-state index contributed by atoms with van der Waals surface area (Å²) in [6.45, 7) is 0.484. The van der Waals surface area contributed by atoms with Gasteiger partial charge in [0.05, 0.1) is 6.54 Å². The van der Waals surface area contributed by atoms with E-state index in [0.717, 1.165) is 12.8 Å². The Labute approximate surface area is 128 Å². The first kappa shape index (κ1) is 16.8. The predicted octanol–water partition coefficient (Wildman–Crippen LogP) is 2.72. The third-order valence-electron chi connectivity index (χ3n) is 3.83. The van der Waals surface area contributed by atoms with Crippen molar-refractivity contribution in [3.05, 3.63) is 35.9 Å². The van der Waals surface area contributed by atoms with Gasteiger partial charge in [-0.05, 0) is 18.4 Å². The molecule has 0 radical (unpaired) electrons. The predicted molar refractivity (Wildman–Crippen MR) is 78.5 cm³/mol. The Hall–Kier alpha value is -1.56. The van der Waals surface area contributed by atoms with Crippen molar-refractivity contribution in [2.45, 2.75) is 25.4 Å². The van der Waals surface area contributed by atoms with E-state index in [2.05, 4.69) is 0 Å². The standard InChI is InChI=1S/C16H21F3N2O/c17-16(18,19)13-20-9-11-21(12-10-20)15(22)8-4-7-14-5-2-1-3-6-14/h1-3,5-6H,4,7-13H2. The molecule has 1 amide bonds. The number of nitrogens with zero attached hydrogens (tertiary/aromatic N) is 2. The number of piperazine rings is 1. The lowest BCUT2D eigenvalue weighted by Crippen LogP contribution is -2.50. The maximum absolute atomic E-state index is 12.3. The number of halogens is 3. The highest BCUT2D eigenvalue weighted by Gasteiger charge is 2.32. The topological polar surface area (TPSA) is 23.6 Å². The molecule has 1 heterocycles. The van der Waals surface area contributed by atoms with E-state index in [4.69, 9.17) is 0 Å². The number of carbonyl (C=O) groups is 1. The maximum atomic E-state index is 12.3. The van der Waals surface area contributed by atoms with E-state index < -0.39 is 12.7 Å². The van der Waals surface area contributed by atoms with Crippen LogP contribution in [0.1, 0.15) is 18.4 Å². The summed E-state index contributed by atoms with van der Waals surface area (Å²) in [5.74, 6) is 0.0441. The molecular formula is C16H21F3N2O. The molecule has 3 nitrogen and oxygen atoms in total. The first-order valence-electron chi connectivity index (χ1n) is 7.55. The van der Waals surface area contributed by atoms with Gasteiger partial charge in [0, 0.05) is 32.6 Å². The van der Waals surface area contributed by atoms with Crippen LogP contribution in [0.4, 0.5) is 13.2 Å². The van der Waals surface area contributed by atoms with E-state index in [9.17, 15) is 18.0 Å². The van der Waals surface area contributed by atoms with E-state index in [-0.39, 0.29) is 5.91 Å². The summed E-state index contributed by atoms with van der Waals surface area (Å²) in [4.78, 5) is 15.1. The lowest BCUT2D eigenvalue weighted by Gasteiger charge is -2.35. The van der Waals surface area contributed by atoms with E-state index in [1.165, 1.54) is 10.5 Å². The maximum Gasteiger partial charge on any atom is 0.401 e. The Morgan fingerprint density at radius 1 is 1.05 bits per heavy atom. The highest BCUT2D eigenvalue weighted by molar-refractivity contribution is 5.76. The number of rotatable bonds is 5. The van der Waals surface area contributed by atoms with Crippen LogP contribution in [0, 0.1) is 0 Å². The van der Waals surface area contributed by atoms with Gasteiger partial charge in [0.25, 0.3) is 0 Å². The molecule has 1 saturated heterocycles. The molecule has 1 aliphatic heterocycles. The molecule has 0 atom stereocenters. The highest BCUT2D eigenvalue weighted by Crippen LogP contribution is 2.17. The molecule has 122 valence electrons. The van der Waals surface area contributed by atoms with Gasteiger partial charge in [0.1, 0.15) is 0 Å².